The smallest absolute Gasteiger partial charge is 0.241 e. The van der Waals surface area contributed by atoms with Crippen molar-refractivity contribution in [1.82, 2.24) is 10.2 Å². The van der Waals surface area contributed by atoms with Gasteiger partial charge < -0.3 is 16.0 Å². The first-order valence-corrected chi connectivity index (χ1v) is 5.62. The van der Waals surface area contributed by atoms with Crippen molar-refractivity contribution in [2.45, 2.75) is 26.7 Å². The van der Waals surface area contributed by atoms with E-state index in [9.17, 15) is 9.59 Å². The van der Waals surface area contributed by atoms with Crippen LogP contribution in [-0.2, 0) is 9.59 Å². The van der Waals surface area contributed by atoms with Gasteiger partial charge in [-0.25, -0.2) is 0 Å². The molecule has 0 saturated carbocycles. The van der Waals surface area contributed by atoms with Gasteiger partial charge in [0, 0.05) is 20.6 Å². The molecule has 0 spiro atoms. The van der Waals surface area contributed by atoms with Gasteiger partial charge >= 0.3 is 0 Å². The molecule has 0 aromatic carbocycles. The van der Waals surface area contributed by atoms with E-state index in [1.165, 1.54) is 4.90 Å². The van der Waals surface area contributed by atoms with E-state index in [1.807, 2.05) is 13.8 Å². The van der Waals surface area contributed by atoms with Gasteiger partial charge in [0.05, 0.1) is 12.0 Å². The predicted molar refractivity (Wildman–Crippen MR) is 63.8 cm³/mol. The lowest BCUT2D eigenvalue weighted by molar-refractivity contribution is -0.135. The molecule has 0 bridgehead atoms. The molecule has 0 atom stereocenters. The van der Waals surface area contributed by atoms with Gasteiger partial charge in [-0.1, -0.05) is 13.8 Å². The Labute approximate surface area is 97.4 Å². The predicted octanol–water partition coefficient (Wildman–Crippen LogP) is -0.0441. The van der Waals surface area contributed by atoms with Gasteiger partial charge in [0.1, 0.15) is 0 Å². The number of nitrogens with zero attached hydrogens (tertiary/aromatic N) is 1. The summed E-state index contributed by atoms with van der Waals surface area (Å²) in [5.74, 6) is -0.248. The number of carbonyl (C=O) groups is 2. The van der Waals surface area contributed by atoms with Crippen molar-refractivity contribution in [3.8, 4) is 0 Å². The average molecular weight is 229 g/mol. The van der Waals surface area contributed by atoms with Gasteiger partial charge in [0.2, 0.25) is 11.8 Å². The largest absolute Gasteiger partial charge is 0.347 e. The van der Waals surface area contributed by atoms with Crippen molar-refractivity contribution in [3.63, 3.8) is 0 Å². The van der Waals surface area contributed by atoms with E-state index in [0.29, 0.717) is 19.4 Å². The SMILES string of the molecule is CCC(CC)(CN)C(=O)NCC(=O)N(C)C. The maximum atomic E-state index is 11.9. The Bertz CT molecular complexity index is 239. The van der Waals surface area contributed by atoms with Crippen LogP contribution in [0.25, 0.3) is 0 Å². The highest BCUT2D eigenvalue weighted by Gasteiger charge is 2.33. The molecule has 0 aliphatic carbocycles. The van der Waals surface area contributed by atoms with Crippen LogP contribution in [-0.4, -0.2) is 43.9 Å². The maximum Gasteiger partial charge on any atom is 0.241 e. The Kier molecular flexibility index (Phi) is 6.03. The molecular weight excluding hydrogens is 206 g/mol. The molecule has 0 aromatic heterocycles. The van der Waals surface area contributed by atoms with Crippen LogP contribution < -0.4 is 11.1 Å². The highest BCUT2D eigenvalue weighted by atomic mass is 16.2. The normalized spacial score (nSPS) is 11.1. The quantitative estimate of drug-likeness (QED) is 0.671. The number of amides is 2. The molecule has 5 heteroatoms. The van der Waals surface area contributed by atoms with Crippen LogP contribution in [0.15, 0.2) is 0 Å². The van der Waals surface area contributed by atoms with Crippen molar-refractivity contribution in [2.24, 2.45) is 11.1 Å². The molecule has 94 valence electrons. The number of nitrogens with two attached hydrogens (primary N) is 1. The van der Waals surface area contributed by atoms with Gasteiger partial charge in [-0.2, -0.15) is 0 Å². The third-order valence-electron chi connectivity index (χ3n) is 3.12. The standard InChI is InChI=1S/C11H23N3O2/c1-5-11(6-2,8-12)10(16)13-7-9(15)14(3)4/h5-8,12H2,1-4H3,(H,13,16). The van der Waals surface area contributed by atoms with Crippen molar-refractivity contribution >= 4 is 11.8 Å². The van der Waals surface area contributed by atoms with E-state index in [2.05, 4.69) is 5.32 Å². The molecule has 0 rings (SSSR count). The van der Waals surface area contributed by atoms with Gasteiger partial charge in [-0.3, -0.25) is 9.59 Å². The summed E-state index contributed by atoms with van der Waals surface area (Å²) < 4.78 is 0. The molecule has 5 nitrogen and oxygen atoms in total. The van der Waals surface area contributed by atoms with Gasteiger partial charge in [0.25, 0.3) is 0 Å². The van der Waals surface area contributed by atoms with Crippen LogP contribution in [0.2, 0.25) is 0 Å². The van der Waals surface area contributed by atoms with Crippen LogP contribution in [0.4, 0.5) is 0 Å². The van der Waals surface area contributed by atoms with E-state index < -0.39 is 5.41 Å². The molecule has 0 fully saturated rings. The fourth-order valence-electron chi connectivity index (χ4n) is 1.45. The second-order valence-corrected chi connectivity index (χ2v) is 4.16. The average Bonchev–Trinajstić information content (AvgIpc) is 2.28. The number of hydrogen-bond donors (Lipinski definition) is 2. The molecule has 0 saturated heterocycles. The lowest BCUT2D eigenvalue weighted by Crippen LogP contribution is -2.47. The van der Waals surface area contributed by atoms with E-state index in [4.69, 9.17) is 5.73 Å². The Morgan fingerprint density at radius 3 is 2.06 bits per heavy atom. The summed E-state index contributed by atoms with van der Waals surface area (Å²) in [4.78, 5) is 24.7. The minimum absolute atomic E-state index is 0.0353. The molecule has 0 aliphatic rings. The first-order valence-electron chi connectivity index (χ1n) is 5.62. The third kappa shape index (κ3) is 3.48. The second kappa shape index (κ2) is 6.48. The van der Waals surface area contributed by atoms with Gasteiger partial charge in [0.15, 0.2) is 0 Å². The Balaban J connectivity index is 4.39. The number of carbonyl (C=O) groups excluding carboxylic acids is 2. The highest BCUT2D eigenvalue weighted by Crippen LogP contribution is 2.24. The van der Waals surface area contributed by atoms with E-state index in [-0.39, 0.29) is 18.4 Å². The minimum Gasteiger partial charge on any atom is -0.347 e. The topological polar surface area (TPSA) is 75.4 Å². The summed E-state index contributed by atoms with van der Waals surface area (Å²) in [6, 6.07) is 0. The second-order valence-electron chi connectivity index (χ2n) is 4.16. The van der Waals surface area contributed by atoms with E-state index >= 15 is 0 Å². The Morgan fingerprint density at radius 2 is 1.75 bits per heavy atom. The minimum atomic E-state index is -0.535. The van der Waals surface area contributed by atoms with E-state index in [1.54, 1.807) is 14.1 Å². The molecule has 0 radical (unpaired) electrons. The monoisotopic (exact) mass is 229 g/mol. The van der Waals surface area contributed by atoms with Crippen LogP contribution >= 0.6 is 0 Å². The summed E-state index contributed by atoms with van der Waals surface area (Å²) in [6.07, 6.45) is 1.37. The Morgan fingerprint density at radius 1 is 1.25 bits per heavy atom. The fraction of sp³-hybridized carbons (Fsp3) is 0.818. The zero-order chi connectivity index (χ0) is 12.8. The van der Waals surface area contributed by atoms with Crippen LogP contribution in [0.1, 0.15) is 26.7 Å². The number of hydrogen-bond acceptors (Lipinski definition) is 3. The molecule has 3 N–H and O–H groups in total. The van der Waals surface area contributed by atoms with Crippen molar-refractivity contribution in [1.29, 1.82) is 0 Å². The number of nitrogens with one attached hydrogen (secondary N) is 1. The molecule has 0 aromatic rings. The zero-order valence-electron chi connectivity index (χ0n) is 10.7. The van der Waals surface area contributed by atoms with Gasteiger partial charge in [-0.15, -0.1) is 0 Å². The van der Waals surface area contributed by atoms with Crippen molar-refractivity contribution in [2.75, 3.05) is 27.2 Å². The van der Waals surface area contributed by atoms with Gasteiger partial charge in [-0.05, 0) is 12.8 Å². The highest BCUT2D eigenvalue weighted by molar-refractivity contribution is 5.87. The third-order valence-corrected chi connectivity index (χ3v) is 3.12. The molecule has 16 heavy (non-hydrogen) atoms. The summed E-state index contributed by atoms with van der Waals surface area (Å²) in [5.41, 5.74) is 5.10. The molecule has 0 aliphatic heterocycles. The Hall–Kier alpha value is -1.10. The number of rotatable bonds is 6. The van der Waals surface area contributed by atoms with E-state index in [0.717, 1.165) is 0 Å². The molecule has 0 heterocycles. The zero-order valence-corrected chi connectivity index (χ0v) is 10.7. The van der Waals surface area contributed by atoms with Crippen LogP contribution in [0.3, 0.4) is 0 Å². The molecular formula is C11H23N3O2. The fourth-order valence-corrected chi connectivity index (χ4v) is 1.45. The summed E-state index contributed by atoms with van der Waals surface area (Å²) in [5, 5.41) is 2.65. The summed E-state index contributed by atoms with van der Waals surface area (Å²) in [7, 11) is 3.31. The molecule has 2 amide bonds. The lowest BCUT2D eigenvalue weighted by atomic mass is 9.81. The molecule has 0 unspecified atom stereocenters. The van der Waals surface area contributed by atoms with Crippen LogP contribution in [0, 0.1) is 5.41 Å². The van der Waals surface area contributed by atoms with Crippen LogP contribution in [0.5, 0.6) is 0 Å². The van der Waals surface area contributed by atoms with Crippen molar-refractivity contribution in [3.05, 3.63) is 0 Å². The first-order chi connectivity index (χ1) is 7.43. The maximum absolute atomic E-state index is 11.9. The first kappa shape index (κ1) is 14.9. The van der Waals surface area contributed by atoms with Crippen molar-refractivity contribution < 1.29 is 9.59 Å². The lowest BCUT2D eigenvalue weighted by Gasteiger charge is -2.28. The summed E-state index contributed by atoms with van der Waals surface area (Å²) >= 11 is 0. The summed E-state index contributed by atoms with van der Waals surface area (Å²) in [6.45, 7) is 4.21. The number of likely N-dealkylation sites (N-methyl/N-ethyl adjacent to an activating group) is 1.